The first-order chi connectivity index (χ1) is 13.7. The Morgan fingerprint density at radius 1 is 0.964 bits per heavy atom. The van der Waals surface area contributed by atoms with Crippen LogP contribution in [0.3, 0.4) is 0 Å². The van der Waals surface area contributed by atoms with Crippen LogP contribution in [0, 0.1) is 0 Å². The van der Waals surface area contributed by atoms with Crippen molar-refractivity contribution in [1.29, 1.82) is 0 Å². The number of benzene rings is 2. The standard InChI is InChI=1S/C20H18N4O3S/c1-3-26-15-12-8-11-14(17(15)27-4-2)18-23-24-19(25)16(21-22-20(24)28-18)13-9-6-5-7-10-13/h5-12H,3-4H2,1-2H3. The Kier molecular flexibility index (Phi) is 5.03. The molecule has 0 amide bonds. The molecule has 28 heavy (non-hydrogen) atoms. The number of ether oxygens (including phenoxy) is 2. The van der Waals surface area contributed by atoms with Crippen LogP contribution in [0.2, 0.25) is 0 Å². The monoisotopic (exact) mass is 394 g/mol. The molecule has 2 aromatic heterocycles. The van der Waals surface area contributed by atoms with E-state index in [0.29, 0.717) is 40.2 Å². The van der Waals surface area contributed by atoms with Crippen molar-refractivity contribution >= 4 is 16.3 Å². The molecular formula is C20H18N4O3S. The third-order valence-corrected chi connectivity index (χ3v) is 4.97. The third kappa shape index (κ3) is 3.22. The zero-order valence-electron chi connectivity index (χ0n) is 15.5. The molecule has 142 valence electrons. The Labute approximate surface area is 165 Å². The zero-order chi connectivity index (χ0) is 19.5. The second kappa shape index (κ2) is 7.77. The topological polar surface area (TPSA) is 78.6 Å². The Morgan fingerprint density at radius 2 is 1.75 bits per heavy atom. The van der Waals surface area contributed by atoms with Gasteiger partial charge in [0, 0.05) is 5.56 Å². The van der Waals surface area contributed by atoms with E-state index >= 15 is 0 Å². The summed E-state index contributed by atoms with van der Waals surface area (Å²) < 4.78 is 12.8. The van der Waals surface area contributed by atoms with E-state index in [-0.39, 0.29) is 11.3 Å². The van der Waals surface area contributed by atoms with E-state index < -0.39 is 0 Å². The van der Waals surface area contributed by atoms with Crippen LogP contribution in [0.1, 0.15) is 13.8 Å². The molecule has 0 bridgehead atoms. The summed E-state index contributed by atoms with van der Waals surface area (Å²) in [7, 11) is 0. The molecule has 4 rings (SSSR count). The highest BCUT2D eigenvalue weighted by Gasteiger charge is 2.19. The summed E-state index contributed by atoms with van der Waals surface area (Å²) in [5.74, 6) is 1.25. The van der Waals surface area contributed by atoms with Gasteiger partial charge in [-0.25, -0.2) is 0 Å². The second-order valence-electron chi connectivity index (χ2n) is 5.82. The van der Waals surface area contributed by atoms with Crippen molar-refractivity contribution in [2.24, 2.45) is 0 Å². The summed E-state index contributed by atoms with van der Waals surface area (Å²) in [5.41, 5.74) is 1.42. The normalized spacial score (nSPS) is 10.9. The molecule has 4 aromatic rings. The largest absolute Gasteiger partial charge is 0.490 e. The van der Waals surface area contributed by atoms with E-state index in [1.807, 2.05) is 62.4 Å². The van der Waals surface area contributed by atoms with Crippen molar-refractivity contribution < 1.29 is 9.47 Å². The third-order valence-electron chi connectivity index (χ3n) is 4.04. The number of hydrogen-bond donors (Lipinski definition) is 0. The van der Waals surface area contributed by atoms with Gasteiger partial charge in [0.05, 0.1) is 18.8 Å². The van der Waals surface area contributed by atoms with Gasteiger partial charge in [-0.1, -0.05) is 47.7 Å². The number of nitrogens with zero attached hydrogens (tertiary/aromatic N) is 4. The molecular weight excluding hydrogens is 376 g/mol. The number of hydrogen-bond acceptors (Lipinski definition) is 7. The summed E-state index contributed by atoms with van der Waals surface area (Å²) in [6.45, 7) is 4.84. The SMILES string of the molecule is CCOc1cccc(-c2nn3c(=O)c(-c4ccccc4)nnc3s2)c1OCC. The molecule has 8 heteroatoms. The Balaban J connectivity index is 1.86. The number of para-hydroxylation sites is 1. The van der Waals surface area contributed by atoms with E-state index in [1.165, 1.54) is 15.9 Å². The van der Waals surface area contributed by atoms with Crippen LogP contribution in [-0.2, 0) is 0 Å². The second-order valence-corrected chi connectivity index (χ2v) is 6.78. The molecule has 0 saturated heterocycles. The van der Waals surface area contributed by atoms with Crippen molar-refractivity contribution in [3.05, 3.63) is 58.9 Å². The number of aromatic nitrogens is 4. The van der Waals surface area contributed by atoms with Gasteiger partial charge >= 0.3 is 5.56 Å². The van der Waals surface area contributed by atoms with Crippen molar-refractivity contribution in [2.75, 3.05) is 13.2 Å². The average molecular weight is 394 g/mol. The van der Waals surface area contributed by atoms with Gasteiger partial charge in [0.25, 0.3) is 0 Å². The van der Waals surface area contributed by atoms with Crippen molar-refractivity contribution in [1.82, 2.24) is 19.8 Å². The van der Waals surface area contributed by atoms with Crippen molar-refractivity contribution in [3.8, 4) is 33.3 Å². The summed E-state index contributed by atoms with van der Waals surface area (Å²) in [4.78, 5) is 13.3. The maximum Gasteiger partial charge on any atom is 0.302 e. The van der Waals surface area contributed by atoms with E-state index in [0.717, 1.165) is 5.56 Å². The van der Waals surface area contributed by atoms with Crippen LogP contribution in [0.5, 0.6) is 11.5 Å². The first-order valence-electron chi connectivity index (χ1n) is 8.93. The van der Waals surface area contributed by atoms with E-state index in [2.05, 4.69) is 15.3 Å². The van der Waals surface area contributed by atoms with Gasteiger partial charge in [-0.05, 0) is 26.0 Å². The van der Waals surface area contributed by atoms with Crippen LogP contribution >= 0.6 is 11.3 Å². The lowest BCUT2D eigenvalue weighted by Gasteiger charge is -2.13. The molecule has 0 N–H and O–H groups in total. The number of fused-ring (bicyclic) bond motifs is 1. The minimum atomic E-state index is -0.308. The molecule has 0 atom stereocenters. The fourth-order valence-corrected chi connectivity index (χ4v) is 3.71. The highest BCUT2D eigenvalue weighted by Crippen LogP contribution is 2.39. The molecule has 0 aliphatic heterocycles. The van der Waals surface area contributed by atoms with Crippen LogP contribution in [0.4, 0.5) is 0 Å². The molecule has 2 aromatic carbocycles. The van der Waals surface area contributed by atoms with E-state index in [1.54, 1.807) is 0 Å². The predicted octanol–water partition coefficient (Wildman–Crippen LogP) is 3.68. The van der Waals surface area contributed by atoms with Crippen LogP contribution in [0.25, 0.3) is 26.8 Å². The Morgan fingerprint density at radius 3 is 2.50 bits per heavy atom. The van der Waals surface area contributed by atoms with Crippen LogP contribution in [0.15, 0.2) is 53.3 Å². The van der Waals surface area contributed by atoms with Crippen LogP contribution in [-0.4, -0.2) is 33.0 Å². The number of rotatable bonds is 6. The lowest BCUT2D eigenvalue weighted by Crippen LogP contribution is -2.19. The minimum absolute atomic E-state index is 0.267. The smallest absolute Gasteiger partial charge is 0.302 e. The molecule has 0 fully saturated rings. The average Bonchev–Trinajstić information content (AvgIpc) is 3.16. The summed E-state index contributed by atoms with van der Waals surface area (Å²) in [5, 5.41) is 13.4. The molecule has 0 spiro atoms. The van der Waals surface area contributed by atoms with E-state index in [9.17, 15) is 4.79 Å². The molecule has 7 nitrogen and oxygen atoms in total. The van der Waals surface area contributed by atoms with Gasteiger partial charge in [-0.3, -0.25) is 4.79 Å². The fraction of sp³-hybridized carbons (Fsp3) is 0.200. The minimum Gasteiger partial charge on any atom is -0.490 e. The summed E-state index contributed by atoms with van der Waals surface area (Å²) in [6.07, 6.45) is 0. The first kappa shape index (κ1) is 18.1. The highest BCUT2D eigenvalue weighted by atomic mass is 32.1. The van der Waals surface area contributed by atoms with Gasteiger partial charge < -0.3 is 9.47 Å². The molecule has 0 unspecified atom stereocenters. The van der Waals surface area contributed by atoms with Gasteiger partial charge in [0.15, 0.2) is 22.2 Å². The van der Waals surface area contributed by atoms with Gasteiger partial charge in [0.1, 0.15) is 0 Å². The quantitative estimate of drug-likeness (QED) is 0.496. The fourth-order valence-electron chi connectivity index (χ4n) is 2.85. The lowest BCUT2D eigenvalue weighted by atomic mass is 10.2. The van der Waals surface area contributed by atoms with Crippen molar-refractivity contribution in [3.63, 3.8) is 0 Å². The van der Waals surface area contributed by atoms with Crippen molar-refractivity contribution in [2.45, 2.75) is 13.8 Å². The Bertz CT molecular complexity index is 1170. The summed E-state index contributed by atoms with van der Waals surface area (Å²) in [6, 6.07) is 14.9. The van der Waals surface area contributed by atoms with Gasteiger partial charge in [0.2, 0.25) is 4.96 Å². The molecule has 0 radical (unpaired) electrons. The maximum atomic E-state index is 12.9. The molecule has 2 heterocycles. The predicted molar refractivity (Wildman–Crippen MR) is 108 cm³/mol. The molecule has 0 aliphatic rings. The Hall–Kier alpha value is -3.26. The maximum absolute atomic E-state index is 12.9. The van der Waals surface area contributed by atoms with Gasteiger partial charge in [-0.2, -0.15) is 9.61 Å². The first-order valence-corrected chi connectivity index (χ1v) is 9.75. The summed E-state index contributed by atoms with van der Waals surface area (Å²) >= 11 is 1.28. The lowest BCUT2D eigenvalue weighted by molar-refractivity contribution is 0.289. The van der Waals surface area contributed by atoms with Crippen LogP contribution < -0.4 is 15.0 Å². The van der Waals surface area contributed by atoms with Gasteiger partial charge in [-0.15, -0.1) is 10.2 Å². The zero-order valence-corrected chi connectivity index (χ0v) is 16.3. The molecule has 0 saturated carbocycles. The van der Waals surface area contributed by atoms with E-state index in [4.69, 9.17) is 9.47 Å². The highest BCUT2D eigenvalue weighted by molar-refractivity contribution is 7.19. The molecule has 0 aliphatic carbocycles.